The molecule has 0 aromatic rings. The van der Waals surface area contributed by atoms with E-state index in [4.69, 9.17) is 5.11 Å². The van der Waals surface area contributed by atoms with Gasteiger partial charge in [-0.3, -0.25) is 0 Å². The van der Waals surface area contributed by atoms with Gasteiger partial charge in [-0.2, -0.15) is 0 Å². The van der Waals surface area contributed by atoms with Crippen molar-refractivity contribution in [2.24, 2.45) is 0 Å². The Hall–Kier alpha value is 0.0200. The van der Waals surface area contributed by atoms with E-state index < -0.39 is 13.9 Å². The summed E-state index contributed by atoms with van der Waals surface area (Å²) in [6, 6.07) is 0. The Labute approximate surface area is 49.5 Å². The molecule has 0 aliphatic rings. The molecule has 0 saturated carbocycles. The van der Waals surface area contributed by atoms with Crippen molar-refractivity contribution in [3.8, 4) is 0 Å². The van der Waals surface area contributed by atoms with Crippen LogP contribution in [0.1, 0.15) is 13.8 Å². The third-order valence-electron chi connectivity index (χ3n) is 0.561. The lowest BCUT2D eigenvalue weighted by Crippen LogP contribution is -1.93. The molecule has 0 aromatic carbocycles. The molecule has 2 unspecified atom stereocenters. The predicted octanol–water partition coefficient (Wildman–Crippen LogP) is 1.10. The fourth-order valence-corrected chi connectivity index (χ4v) is 0.705. The van der Waals surface area contributed by atoms with Crippen molar-refractivity contribution in [1.29, 1.82) is 0 Å². The van der Waals surface area contributed by atoms with Crippen LogP contribution in [0.4, 0.5) is 0 Å². The van der Waals surface area contributed by atoms with Crippen LogP contribution in [0.25, 0.3) is 0 Å². The molecule has 0 spiro atoms. The summed E-state index contributed by atoms with van der Waals surface area (Å²) in [5.41, 5.74) is 0. The third kappa shape index (κ3) is 3.08. The zero-order valence-corrected chi connectivity index (χ0v) is 5.89. The van der Waals surface area contributed by atoms with Crippen LogP contribution in [0, 0.1) is 0 Å². The molecule has 0 heterocycles. The van der Waals surface area contributed by atoms with Crippen LogP contribution < -0.4 is 0 Å². The van der Waals surface area contributed by atoms with Crippen LogP contribution in [0.2, 0.25) is 0 Å². The first kappa shape index (κ1) is 8.02. The van der Waals surface area contributed by atoms with Crippen molar-refractivity contribution in [1.82, 2.24) is 0 Å². The van der Waals surface area contributed by atoms with E-state index >= 15 is 0 Å². The Balaban J connectivity index is 3.33. The summed E-state index contributed by atoms with van der Waals surface area (Å²) in [5, 5.41) is 8.54. The molecular weight excluding hydrogens is 127 g/mol. The molecule has 0 rings (SSSR count). The van der Waals surface area contributed by atoms with E-state index in [-0.39, 0.29) is 0 Å². The summed E-state index contributed by atoms with van der Waals surface area (Å²) in [6.07, 6.45) is 0. The maximum Gasteiger partial charge on any atom is 0.539 e. The molecule has 0 radical (unpaired) electrons. The molecule has 0 bridgehead atoms. The van der Waals surface area contributed by atoms with E-state index in [2.05, 4.69) is 4.52 Å². The van der Waals surface area contributed by atoms with Crippen molar-refractivity contribution in [3.05, 3.63) is 0 Å². The van der Waals surface area contributed by atoms with E-state index in [1.165, 1.54) is 6.92 Å². The van der Waals surface area contributed by atoms with Gasteiger partial charge < -0.3 is 5.11 Å². The van der Waals surface area contributed by atoms with Crippen LogP contribution in [-0.2, 0) is 9.09 Å². The van der Waals surface area contributed by atoms with Crippen molar-refractivity contribution in [3.63, 3.8) is 0 Å². The fraction of sp³-hybridized carbons (Fsp3) is 1.00. The normalized spacial score (nSPS) is 15.6. The molecule has 0 aromatic heterocycles. The van der Waals surface area contributed by atoms with E-state index in [0.29, 0.717) is 6.61 Å². The van der Waals surface area contributed by atoms with Gasteiger partial charge in [0.15, 0.2) is 0 Å². The van der Waals surface area contributed by atoms with Crippen molar-refractivity contribution >= 4 is 8.03 Å². The first-order valence-corrected chi connectivity index (χ1v) is 3.70. The number of aliphatic hydroxyl groups is 1. The van der Waals surface area contributed by atoms with Gasteiger partial charge in [-0.1, -0.05) is 0 Å². The monoisotopic (exact) mass is 137 g/mol. The summed E-state index contributed by atoms with van der Waals surface area (Å²) < 4.78 is 15.0. The highest BCUT2D eigenvalue weighted by Gasteiger charge is 2.23. The average molecular weight is 137 g/mol. The molecule has 2 atom stereocenters. The fourth-order valence-electron chi connectivity index (χ4n) is 0.235. The summed E-state index contributed by atoms with van der Waals surface area (Å²) in [6.45, 7) is 3.56. The molecule has 4 heteroatoms. The van der Waals surface area contributed by atoms with E-state index in [1.807, 2.05) is 0 Å². The topological polar surface area (TPSA) is 46.5 Å². The Bertz CT molecular complexity index is 81.4. The lowest BCUT2D eigenvalue weighted by atomic mass is 10.9. The zero-order valence-electron chi connectivity index (χ0n) is 5.00. The first-order chi connectivity index (χ1) is 3.68. The van der Waals surface area contributed by atoms with Gasteiger partial charge in [0, 0.05) is 6.92 Å². The van der Waals surface area contributed by atoms with E-state index in [1.54, 1.807) is 6.92 Å². The van der Waals surface area contributed by atoms with Gasteiger partial charge in [-0.15, -0.1) is 4.52 Å². The minimum absolute atomic E-state index is 0.389. The molecule has 0 amide bonds. The van der Waals surface area contributed by atoms with Crippen LogP contribution >= 0.6 is 8.03 Å². The van der Waals surface area contributed by atoms with Gasteiger partial charge in [0.05, 0.1) is 6.61 Å². The zero-order chi connectivity index (χ0) is 6.57. The number of rotatable bonds is 3. The van der Waals surface area contributed by atoms with Crippen LogP contribution in [0.3, 0.4) is 0 Å². The molecule has 0 aliphatic heterocycles. The van der Waals surface area contributed by atoms with E-state index in [9.17, 15) is 4.57 Å². The van der Waals surface area contributed by atoms with Gasteiger partial charge in [0.2, 0.25) is 0 Å². The minimum Gasteiger partial charge on any atom is -0.349 e. The van der Waals surface area contributed by atoms with Crippen LogP contribution in [-0.4, -0.2) is 17.6 Å². The SMILES string of the molecule is CCO[P+](=O)C(C)O. The Morgan fingerprint density at radius 3 is 2.50 bits per heavy atom. The standard InChI is InChI=1S/C4H10O3P/c1-3-7-8(6)4(2)5/h4-5H,3H2,1-2H3/q+1. The molecule has 0 saturated heterocycles. The highest BCUT2D eigenvalue weighted by atomic mass is 31.1. The van der Waals surface area contributed by atoms with Crippen molar-refractivity contribution in [2.75, 3.05) is 6.61 Å². The maximum absolute atomic E-state index is 10.4. The summed E-state index contributed by atoms with van der Waals surface area (Å²) in [5.74, 6) is -0.843. The molecule has 0 fully saturated rings. The largest absolute Gasteiger partial charge is 0.539 e. The van der Waals surface area contributed by atoms with Gasteiger partial charge in [0.25, 0.3) is 5.85 Å². The number of hydrogen-bond acceptors (Lipinski definition) is 3. The molecule has 8 heavy (non-hydrogen) atoms. The number of aliphatic hydroxyl groups excluding tert-OH is 1. The Morgan fingerprint density at radius 1 is 1.88 bits per heavy atom. The Morgan fingerprint density at radius 2 is 2.38 bits per heavy atom. The first-order valence-electron chi connectivity index (χ1n) is 2.45. The second kappa shape index (κ2) is 3.96. The summed E-state index contributed by atoms with van der Waals surface area (Å²) >= 11 is 0. The quantitative estimate of drug-likeness (QED) is 0.592. The highest BCUT2D eigenvalue weighted by Crippen LogP contribution is 2.25. The van der Waals surface area contributed by atoms with E-state index in [0.717, 1.165) is 0 Å². The highest BCUT2D eigenvalue weighted by molar-refractivity contribution is 7.39. The van der Waals surface area contributed by atoms with Crippen molar-refractivity contribution in [2.45, 2.75) is 19.7 Å². The lowest BCUT2D eigenvalue weighted by Gasteiger charge is -1.84. The third-order valence-corrected chi connectivity index (χ3v) is 1.68. The molecule has 0 aliphatic carbocycles. The average Bonchev–Trinajstić information content (AvgIpc) is 1.67. The van der Waals surface area contributed by atoms with Crippen molar-refractivity contribution < 1.29 is 14.2 Å². The van der Waals surface area contributed by atoms with Gasteiger partial charge in [-0.05, 0) is 11.5 Å². The van der Waals surface area contributed by atoms with Gasteiger partial charge >= 0.3 is 8.03 Å². The van der Waals surface area contributed by atoms with Crippen LogP contribution in [0.15, 0.2) is 0 Å². The summed E-state index contributed by atoms with van der Waals surface area (Å²) in [7, 11) is -1.83. The second-order valence-corrected chi connectivity index (χ2v) is 2.91. The molecule has 3 nitrogen and oxygen atoms in total. The molecule has 1 N–H and O–H groups in total. The molecule has 48 valence electrons. The molecular formula is C4H10O3P+. The maximum atomic E-state index is 10.4. The predicted molar refractivity (Wildman–Crippen MR) is 30.9 cm³/mol. The minimum atomic E-state index is -1.83. The smallest absolute Gasteiger partial charge is 0.349 e. The second-order valence-electron chi connectivity index (χ2n) is 1.33. The lowest BCUT2D eigenvalue weighted by molar-refractivity contribution is 0.237. The van der Waals surface area contributed by atoms with Crippen LogP contribution in [0.5, 0.6) is 0 Å². The summed E-state index contributed by atoms with van der Waals surface area (Å²) in [4.78, 5) is 0. The van der Waals surface area contributed by atoms with Gasteiger partial charge in [-0.25, -0.2) is 0 Å². The van der Waals surface area contributed by atoms with Gasteiger partial charge in [0.1, 0.15) is 0 Å². The Kier molecular flexibility index (Phi) is 3.97. The number of hydrogen-bond donors (Lipinski definition) is 1.